The number of fused-ring (bicyclic) bond motifs is 2. The largest absolute Gasteiger partial charge is 0.305 e. The summed E-state index contributed by atoms with van der Waals surface area (Å²) in [5, 5.41) is 0. The van der Waals surface area contributed by atoms with Gasteiger partial charge >= 0.3 is 0 Å². The summed E-state index contributed by atoms with van der Waals surface area (Å²) in [4.78, 5) is 0. The molecule has 102 valence electrons. The molecule has 0 aromatic heterocycles. The van der Waals surface area contributed by atoms with Gasteiger partial charge in [0.1, 0.15) is 0 Å². The van der Waals surface area contributed by atoms with Crippen LogP contribution in [0.3, 0.4) is 0 Å². The zero-order chi connectivity index (χ0) is 13.4. The Morgan fingerprint density at radius 3 is 1.60 bits per heavy atom. The molecule has 0 saturated heterocycles. The van der Waals surface area contributed by atoms with Gasteiger partial charge in [0.15, 0.2) is 0 Å². The maximum atomic E-state index is 2.42. The van der Waals surface area contributed by atoms with Crippen LogP contribution in [0.5, 0.6) is 0 Å². The van der Waals surface area contributed by atoms with Crippen molar-refractivity contribution in [2.45, 2.75) is 12.8 Å². The van der Waals surface area contributed by atoms with Gasteiger partial charge in [-0.15, -0.1) is 0 Å². The van der Waals surface area contributed by atoms with Gasteiger partial charge in [0, 0.05) is 35.0 Å². The van der Waals surface area contributed by atoms with Gasteiger partial charge in [0.05, 0.1) is 11.4 Å². The summed E-state index contributed by atoms with van der Waals surface area (Å²) in [6.07, 6.45) is 2.33. The summed E-state index contributed by atoms with van der Waals surface area (Å²) in [6, 6.07) is 17.5. The van der Waals surface area contributed by atoms with Crippen LogP contribution in [0.15, 0.2) is 48.5 Å². The van der Waals surface area contributed by atoms with Crippen molar-refractivity contribution in [1.29, 1.82) is 0 Å². The number of nitrogens with zero attached hydrogens (tertiary/aromatic N) is 2. The van der Waals surface area contributed by atoms with Gasteiger partial charge in [-0.3, -0.25) is 0 Å². The molecule has 2 nitrogen and oxygen atoms in total. The Kier molecular flexibility index (Phi) is 3.28. The molecule has 0 N–H and O–H groups in total. The average Bonchev–Trinajstić information content (AvgIpc) is 3.09. The molecule has 0 radical (unpaired) electrons. The molecule has 0 amide bonds. The van der Waals surface area contributed by atoms with E-state index >= 15 is 0 Å². The summed E-state index contributed by atoms with van der Waals surface area (Å²) in [5.74, 6) is 0. The van der Waals surface area contributed by atoms with E-state index in [0.717, 1.165) is 13.1 Å². The van der Waals surface area contributed by atoms with E-state index in [4.69, 9.17) is 0 Å². The lowest BCUT2D eigenvalue weighted by Gasteiger charge is -2.22. The van der Waals surface area contributed by atoms with Gasteiger partial charge in [0.25, 0.3) is 0 Å². The third kappa shape index (κ3) is 2.17. The van der Waals surface area contributed by atoms with E-state index in [0.29, 0.717) is 0 Å². The lowest BCUT2D eigenvalue weighted by molar-refractivity contribution is 1.05. The molecule has 0 unspecified atom stereocenters. The van der Waals surface area contributed by atoms with Crippen LogP contribution in [-0.4, -0.2) is 13.1 Å². The van der Waals surface area contributed by atoms with Crippen LogP contribution in [0, 0.1) is 0 Å². The fraction of sp³-hybridized carbons (Fsp3) is 0.250. The molecule has 0 bridgehead atoms. The van der Waals surface area contributed by atoms with Crippen molar-refractivity contribution in [1.82, 2.24) is 0 Å². The number of hydrogen-bond donors (Lipinski definition) is 0. The summed E-state index contributed by atoms with van der Waals surface area (Å²) in [6.45, 7) is 2.24. The second-order valence-corrected chi connectivity index (χ2v) is 7.18. The average molecular weight is 300 g/mol. The molecule has 0 saturated carbocycles. The van der Waals surface area contributed by atoms with Crippen molar-refractivity contribution < 1.29 is 0 Å². The standard InChI is InChI=1S/C16H16N2S2/c1-3-7-15-13(5-1)9-11-17(15)19-20-18-12-10-14-6-2-4-8-16(14)18/h1-8H,9-12H2. The molecular weight excluding hydrogens is 284 g/mol. The second kappa shape index (κ2) is 5.26. The topological polar surface area (TPSA) is 6.48 Å². The van der Waals surface area contributed by atoms with Crippen LogP contribution in [0.25, 0.3) is 0 Å². The van der Waals surface area contributed by atoms with E-state index in [2.05, 4.69) is 57.1 Å². The maximum Gasteiger partial charge on any atom is 0.0511 e. The number of hydrogen-bond acceptors (Lipinski definition) is 4. The van der Waals surface area contributed by atoms with Gasteiger partial charge < -0.3 is 8.61 Å². The summed E-state index contributed by atoms with van der Waals surface area (Å²) < 4.78 is 4.84. The molecule has 2 aliphatic heterocycles. The van der Waals surface area contributed by atoms with Crippen molar-refractivity contribution in [3.63, 3.8) is 0 Å². The minimum Gasteiger partial charge on any atom is -0.305 e. The van der Waals surface area contributed by atoms with E-state index in [1.165, 1.54) is 35.3 Å². The van der Waals surface area contributed by atoms with Gasteiger partial charge in [0.2, 0.25) is 0 Å². The van der Waals surface area contributed by atoms with Crippen molar-refractivity contribution in [2.75, 3.05) is 21.7 Å². The SMILES string of the molecule is c1ccc2c(c1)CCN2SSN1CCc2ccccc21. The predicted molar refractivity (Wildman–Crippen MR) is 90.2 cm³/mol. The van der Waals surface area contributed by atoms with Crippen molar-refractivity contribution in [3.05, 3.63) is 59.7 Å². The van der Waals surface area contributed by atoms with Crippen molar-refractivity contribution in [2.24, 2.45) is 0 Å². The number of rotatable bonds is 3. The molecule has 0 atom stereocenters. The molecule has 4 rings (SSSR count). The van der Waals surface area contributed by atoms with E-state index in [-0.39, 0.29) is 0 Å². The molecule has 0 aliphatic carbocycles. The molecule has 0 spiro atoms. The summed E-state index contributed by atoms with van der Waals surface area (Å²) in [7, 11) is 3.73. The predicted octanol–water partition coefficient (Wildman–Crippen LogP) is 4.32. The van der Waals surface area contributed by atoms with Crippen LogP contribution in [0.2, 0.25) is 0 Å². The molecule has 0 fully saturated rings. The minimum atomic E-state index is 1.12. The lowest BCUT2D eigenvalue weighted by Crippen LogP contribution is -2.14. The summed E-state index contributed by atoms with van der Waals surface area (Å²) >= 11 is 0. The first kappa shape index (κ1) is 12.5. The Labute approximate surface area is 127 Å². The third-order valence-electron chi connectivity index (χ3n) is 3.90. The first-order valence-corrected chi connectivity index (χ1v) is 9.04. The van der Waals surface area contributed by atoms with E-state index in [9.17, 15) is 0 Å². The Bertz CT molecular complexity index is 574. The molecule has 20 heavy (non-hydrogen) atoms. The summed E-state index contributed by atoms with van der Waals surface area (Å²) in [5.41, 5.74) is 5.72. The van der Waals surface area contributed by atoms with Crippen molar-refractivity contribution >= 4 is 33.3 Å². The third-order valence-corrected chi connectivity index (χ3v) is 6.37. The normalized spacial score (nSPS) is 16.4. The Morgan fingerprint density at radius 1 is 0.650 bits per heavy atom. The van der Waals surface area contributed by atoms with Gasteiger partial charge in [-0.05, 0) is 36.1 Å². The maximum absolute atomic E-state index is 2.42. The van der Waals surface area contributed by atoms with Crippen LogP contribution >= 0.6 is 22.0 Å². The highest BCUT2D eigenvalue weighted by molar-refractivity contribution is 8.77. The molecule has 4 heteroatoms. The van der Waals surface area contributed by atoms with E-state index in [1.807, 2.05) is 22.0 Å². The first-order chi connectivity index (χ1) is 9.92. The quantitative estimate of drug-likeness (QED) is 0.615. The fourth-order valence-corrected chi connectivity index (χ4v) is 5.27. The fourth-order valence-electron chi connectivity index (χ4n) is 2.85. The first-order valence-electron chi connectivity index (χ1n) is 6.97. The van der Waals surface area contributed by atoms with E-state index < -0.39 is 0 Å². The van der Waals surface area contributed by atoms with Gasteiger partial charge in [-0.1, -0.05) is 36.4 Å². The highest BCUT2D eigenvalue weighted by Crippen LogP contribution is 2.43. The Balaban J connectivity index is 1.45. The van der Waals surface area contributed by atoms with Crippen LogP contribution in [0.1, 0.15) is 11.1 Å². The Hall–Kier alpha value is -1.26. The Morgan fingerprint density at radius 2 is 1.10 bits per heavy atom. The van der Waals surface area contributed by atoms with Crippen molar-refractivity contribution in [3.8, 4) is 0 Å². The highest BCUT2D eigenvalue weighted by atomic mass is 33.1. The zero-order valence-electron chi connectivity index (χ0n) is 11.2. The minimum absolute atomic E-state index is 1.12. The number of para-hydroxylation sites is 2. The monoisotopic (exact) mass is 300 g/mol. The van der Waals surface area contributed by atoms with Crippen LogP contribution < -0.4 is 8.61 Å². The number of benzene rings is 2. The van der Waals surface area contributed by atoms with Crippen LogP contribution in [-0.2, 0) is 12.8 Å². The molecular formula is C16H16N2S2. The molecule has 2 aliphatic rings. The number of anilines is 2. The van der Waals surface area contributed by atoms with Gasteiger partial charge in [-0.25, -0.2) is 0 Å². The molecule has 2 heterocycles. The van der Waals surface area contributed by atoms with Crippen LogP contribution in [0.4, 0.5) is 11.4 Å². The molecule has 2 aromatic carbocycles. The van der Waals surface area contributed by atoms with Gasteiger partial charge in [-0.2, -0.15) is 0 Å². The lowest BCUT2D eigenvalue weighted by atomic mass is 10.2. The molecule has 2 aromatic rings. The zero-order valence-corrected chi connectivity index (χ0v) is 12.8. The smallest absolute Gasteiger partial charge is 0.0511 e. The highest BCUT2D eigenvalue weighted by Gasteiger charge is 2.23. The second-order valence-electron chi connectivity index (χ2n) is 5.11. The van der Waals surface area contributed by atoms with E-state index in [1.54, 1.807) is 0 Å².